The minimum absolute atomic E-state index is 0.460. The average molecular weight is 301 g/mol. The van der Waals surface area contributed by atoms with Gasteiger partial charge in [0.25, 0.3) is 0 Å². The summed E-state index contributed by atoms with van der Waals surface area (Å²) in [4.78, 5) is 4.08. The van der Waals surface area contributed by atoms with E-state index in [2.05, 4.69) is 41.5 Å². The van der Waals surface area contributed by atoms with E-state index >= 15 is 0 Å². The summed E-state index contributed by atoms with van der Waals surface area (Å²) >= 11 is 6.27. The van der Waals surface area contributed by atoms with Crippen LogP contribution in [-0.4, -0.2) is 17.6 Å². The van der Waals surface area contributed by atoms with Gasteiger partial charge in [-0.1, -0.05) is 42.8 Å². The van der Waals surface area contributed by atoms with Gasteiger partial charge >= 0.3 is 0 Å². The number of likely N-dealkylation sites (N-methyl/N-ethyl adjacent to an activating group) is 1. The number of benzene rings is 1. The van der Waals surface area contributed by atoms with Crippen LogP contribution in [0.4, 0.5) is 0 Å². The molecule has 0 spiro atoms. The third-order valence-electron chi connectivity index (χ3n) is 4.41. The fourth-order valence-corrected chi connectivity index (χ4v) is 3.55. The van der Waals surface area contributed by atoms with Gasteiger partial charge in [0.2, 0.25) is 0 Å². The van der Waals surface area contributed by atoms with Gasteiger partial charge in [-0.2, -0.15) is 0 Å². The van der Waals surface area contributed by atoms with Crippen LogP contribution in [0.5, 0.6) is 0 Å². The van der Waals surface area contributed by atoms with Gasteiger partial charge < -0.3 is 5.32 Å². The van der Waals surface area contributed by atoms with Crippen LogP contribution < -0.4 is 5.32 Å². The van der Waals surface area contributed by atoms with Crippen molar-refractivity contribution in [3.8, 4) is 0 Å². The number of hydrogen-bond acceptors (Lipinski definition) is 2. The number of pyridine rings is 1. The van der Waals surface area contributed by atoms with Crippen LogP contribution in [-0.2, 0) is 19.3 Å². The summed E-state index contributed by atoms with van der Waals surface area (Å²) in [6.07, 6.45) is 6.86. The molecule has 1 aromatic heterocycles. The number of halogens is 1. The first-order valence-electron chi connectivity index (χ1n) is 7.66. The maximum Gasteiger partial charge on any atom is 0.0621 e. The number of hydrogen-bond donors (Lipinski definition) is 1. The first-order valence-corrected chi connectivity index (χ1v) is 8.04. The zero-order valence-corrected chi connectivity index (χ0v) is 13.1. The van der Waals surface area contributed by atoms with E-state index in [0.29, 0.717) is 12.0 Å². The highest BCUT2D eigenvalue weighted by Crippen LogP contribution is 2.30. The summed E-state index contributed by atoms with van der Waals surface area (Å²) in [5, 5.41) is 4.43. The molecule has 2 nitrogen and oxygen atoms in total. The zero-order valence-electron chi connectivity index (χ0n) is 12.3. The minimum atomic E-state index is 0.460. The first kappa shape index (κ1) is 14.6. The van der Waals surface area contributed by atoms with Crippen LogP contribution >= 0.6 is 11.6 Å². The number of fused-ring (bicyclic) bond motifs is 1. The topological polar surface area (TPSA) is 24.9 Å². The Morgan fingerprint density at radius 1 is 1.24 bits per heavy atom. The summed E-state index contributed by atoms with van der Waals surface area (Å²) < 4.78 is 0. The zero-order chi connectivity index (χ0) is 14.7. The van der Waals surface area contributed by atoms with Crippen LogP contribution in [0.3, 0.4) is 0 Å². The van der Waals surface area contributed by atoms with Crippen molar-refractivity contribution in [2.24, 2.45) is 5.92 Å². The van der Waals surface area contributed by atoms with E-state index in [0.717, 1.165) is 30.8 Å². The Morgan fingerprint density at radius 3 is 2.57 bits per heavy atom. The van der Waals surface area contributed by atoms with E-state index in [1.54, 1.807) is 6.20 Å². The molecular formula is C18H21ClN2. The Morgan fingerprint density at radius 2 is 1.95 bits per heavy atom. The van der Waals surface area contributed by atoms with Gasteiger partial charge in [-0.25, -0.2) is 0 Å². The molecule has 1 heterocycles. The summed E-state index contributed by atoms with van der Waals surface area (Å²) in [6, 6.07) is 11.3. The van der Waals surface area contributed by atoms with Crippen LogP contribution in [0, 0.1) is 5.92 Å². The molecule has 1 aliphatic carbocycles. The molecule has 1 aromatic carbocycles. The van der Waals surface area contributed by atoms with Crippen molar-refractivity contribution in [2.75, 3.05) is 6.54 Å². The van der Waals surface area contributed by atoms with Crippen molar-refractivity contribution in [3.63, 3.8) is 0 Å². The number of aromatic nitrogens is 1. The van der Waals surface area contributed by atoms with Crippen molar-refractivity contribution in [3.05, 3.63) is 64.4 Å². The maximum absolute atomic E-state index is 6.27. The molecule has 0 saturated carbocycles. The predicted molar refractivity (Wildman–Crippen MR) is 87.8 cm³/mol. The predicted octanol–water partition coefficient (Wildman–Crippen LogP) is 3.67. The highest BCUT2D eigenvalue weighted by atomic mass is 35.5. The normalized spacial score (nSPS) is 15.9. The molecule has 3 rings (SSSR count). The largest absolute Gasteiger partial charge is 0.314 e. The molecule has 1 atom stereocenters. The molecule has 3 heteroatoms. The summed E-state index contributed by atoms with van der Waals surface area (Å²) in [7, 11) is 0. The molecule has 0 amide bonds. The molecular weight excluding hydrogens is 280 g/mol. The lowest BCUT2D eigenvalue weighted by molar-refractivity contribution is 0.368. The monoisotopic (exact) mass is 300 g/mol. The van der Waals surface area contributed by atoms with Crippen molar-refractivity contribution in [1.82, 2.24) is 10.3 Å². The molecule has 1 N–H and O–H groups in total. The van der Waals surface area contributed by atoms with Crippen molar-refractivity contribution >= 4 is 11.6 Å². The van der Waals surface area contributed by atoms with Crippen molar-refractivity contribution in [2.45, 2.75) is 32.2 Å². The average Bonchev–Trinajstić information content (AvgIpc) is 2.93. The van der Waals surface area contributed by atoms with E-state index < -0.39 is 0 Å². The van der Waals surface area contributed by atoms with Gasteiger partial charge in [0.15, 0.2) is 0 Å². The van der Waals surface area contributed by atoms with Crippen molar-refractivity contribution < 1.29 is 0 Å². The third kappa shape index (κ3) is 3.28. The van der Waals surface area contributed by atoms with E-state index in [4.69, 9.17) is 11.6 Å². The second-order valence-corrected chi connectivity index (χ2v) is 6.18. The lowest BCUT2D eigenvalue weighted by atomic mass is 9.91. The van der Waals surface area contributed by atoms with Crippen LogP contribution in [0.15, 0.2) is 42.7 Å². The molecule has 0 fully saturated rings. The number of nitrogens with zero attached hydrogens (tertiary/aromatic N) is 1. The smallest absolute Gasteiger partial charge is 0.0621 e. The number of rotatable bonds is 5. The van der Waals surface area contributed by atoms with Crippen LogP contribution in [0.1, 0.15) is 23.6 Å². The minimum Gasteiger partial charge on any atom is -0.314 e. The highest BCUT2D eigenvalue weighted by molar-refractivity contribution is 6.31. The van der Waals surface area contributed by atoms with E-state index in [1.165, 1.54) is 16.7 Å². The lowest BCUT2D eigenvalue weighted by Crippen LogP contribution is -2.38. The second-order valence-electron chi connectivity index (χ2n) is 5.77. The van der Waals surface area contributed by atoms with Crippen LogP contribution in [0.2, 0.25) is 5.02 Å². The van der Waals surface area contributed by atoms with Gasteiger partial charge in [0.1, 0.15) is 0 Å². The van der Waals surface area contributed by atoms with E-state index in [1.807, 2.05) is 12.3 Å². The lowest BCUT2D eigenvalue weighted by Gasteiger charge is -2.25. The standard InChI is InChI=1S/C18H21ClN2/c1-2-21-18(11-15-7-8-20-12-17(15)19)16-9-13-5-3-4-6-14(13)10-16/h3-8,12,16,18,21H,2,9-11H2,1H3. The molecule has 1 unspecified atom stereocenters. The van der Waals surface area contributed by atoms with Gasteiger partial charge in [-0.15, -0.1) is 0 Å². The highest BCUT2D eigenvalue weighted by Gasteiger charge is 2.28. The Bertz CT molecular complexity index is 587. The molecule has 0 aliphatic heterocycles. The fourth-order valence-electron chi connectivity index (χ4n) is 3.35. The Kier molecular flexibility index (Phi) is 4.57. The summed E-state index contributed by atoms with van der Waals surface area (Å²) in [5.74, 6) is 0.645. The molecule has 0 bridgehead atoms. The molecule has 0 radical (unpaired) electrons. The Balaban J connectivity index is 1.76. The van der Waals surface area contributed by atoms with Gasteiger partial charge in [-0.05, 0) is 54.5 Å². The van der Waals surface area contributed by atoms with Crippen LogP contribution in [0.25, 0.3) is 0 Å². The molecule has 1 aliphatic rings. The SMILES string of the molecule is CCNC(Cc1ccncc1Cl)C1Cc2ccccc2C1. The quantitative estimate of drug-likeness (QED) is 0.911. The van der Waals surface area contributed by atoms with Gasteiger partial charge in [0, 0.05) is 18.4 Å². The maximum atomic E-state index is 6.27. The summed E-state index contributed by atoms with van der Waals surface area (Å²) in [6.45, 7) is 3.16. The third-order valence-corrected chi connectivity index (χ3v) is 4.75. The fraction of sp³-hybridized carbons (Fsp3) is 0.389. The molecule has 110 valence electrons. The first-order chi connectivity index (χ1) is 10.3. The Hall–Kier alpha value is -1.38. The van der Waals surface area contributed by atoms with E-state index in [-0.39, 0.29) is 0 Å². The second kappa shape index (κ2) is 6.59. The van der Waals surface area contributed by atoms with E-state index in [9.17, 15) is 0 Å². The van der Waals surface area contributed by atoms with Crippen molar-refractivity contribution in [1.29, 1.82) is 0 Å². The summed E-state index contributed by atoms with van der Waals surface area (Å²) in [5.41, 5.74) is 4.20. The number of nitrogens with one attached hydrogen (secondary N) is 1. The molecule has 21 heavy (non-hydrogen) atoms. The van der Waals surface area contributed by atoms with Gasteiger partial charge in [-0.3, -0.25) is 4.98 Å². The molecule has 0 saturated heterocycles. The van der Waals surface area contributed by atoms with Gasteiger partial charge in [0.05, 0.1) is 5.02 Å². The molecule has 2 aromatic rings. The Labute approximate surface area is 131 Å².